The third kappa shape index (κ3) is 4.06. The van der Waals surface area contributed by atoms with Gasteiger partial charge in [0.25, 0.3) is 0 Å². The van der Waals surface area contributed by atoms with E-state index in [1.165, 1.54) is 25.7 Å². The summed E-state index contributed by atoms with van der Waals surface area (Å²) in [6, 6.07) is 7.73. The van der Waals surface area contributed by atoms with Crippen LogP contribution in [0, 0.1) is 5.41 Å². The third-order valence-electron chi connectivity index (χ3n) is 4.13. The summed E-state index contributed by atoms with van der Waals surface area (Å²) in [4.78, 5) is 10.8. The highest BCUT2D eigenvalue weighted by Gasteiger charge is 2.26. The van der Waals surface area contributed by atoms with Gasteiger partial charge >= 0.3 is 5.97 Å². The zero-order valence-electron chi connectivity index (χ0n) is 11.8. The van der Waals surface area contributed by atoms with Crippen LogP contribution in [0.1, 0.15) is 55.5 Å². The molecule has 0 spiro atoms. The largest absolute Gasteiger partial charge is 0.478 e. The van der Waals surface area contributed by atoms with E-state index in [-0.39, 0.29) is 0 Å². The monoisotopic (exact) mass is 261 g/mol. The standard InChI is InChI=1S/C16H23NO2/c1-16(2)9-7-14(8-10-16)17-11-12-3-5-13(6-4-12)15(18)19/h3-6,14,17H,7-11H2,1-2H3,(H,18,19). The van der Waals surface area contributed by atoms with E-state index < -0.39 is 5.97 Å². The second-order valence-corrected chi connectivity index (χ2v) is 6.32. The first-order chi connectivity index (χ1) is 8.96. The van der Waals surface area contributed by atoms with Crippen LogP contribution in [0.4, 0.5) is 0 Å². The van der Waals surface area contributed by atoms with Crippen molar-refractivity contribution < 1.29 is 9.90 Å². The Kier molecular flexibility index (Phi) is 4.25. The summed E-state index contributed by atoms with van der Waals surface area (Å²) < 4.78 is 0. The minimum absolute atomic E-state index is 0.350. The van der Waals surface area contributed by atoms with Gasteiger partial charge in [-0.05, 0) is 48.8 Å². The second kappa shape index (κ2) is 5.74. The minimum Gasteiger partial charge on any atom is -0.478 e. The fourth-order valence-corrected chi connectivity index (χ4v) is 2.63. The van der Waals surface area contributed by atoms with E-state index >= 15 is 0 Å². The summed E-state index contributed by atoms with van der Waals surface area (Å²) in [5.74, 6) is -0.867. The average molecular weight is 261 g/mol. The summed E-state index contributed by atoms with van der Waals surface area (Å²) >= 11 is 0. The summed E-state index contributed by atoms with van der Waals surface area (Å²) in [6.45, 7) is 5.51. The summed E-state index contributed by atoms with van der Waals surface area (Å²) in [6.07, 6.45) is 5.03. The smallest absolute Gasteiger partial charge is 0.335 e. The Bertz CT molecular complexity index is 427. The van der Waals surface area contributed by atoms with E-state index in [0.717, 1.165) is 12.1 Å². The molecular formula is C16H23NO2. The molecule has 0 unspecified atom stereocenters. The number of rotatable bonds is 4. The van der Waals surface area contributed by atoms with Crippen LogP contribution in [0.15, 0.2) is 24.3 Å². The van der Waals surface area contributed by atoms with Crippen LogP contribution >= 0.6 is 0 Å². The molecule has 0 aromatic heterocycles. The first kappa shape index (κ1) is 14.1. The Balaban J connectivity index is 1.81. The number of carboxylic acids is 1. The van der Waals surface area contributed by atoms with Gasteiger partial charge in [0, 0.05) is 12.6 Å². The van der Waals surface area contributed by atoms with E-state index in [2.05, 4.69) is 19.2 Å². The van der Waals surface area contributed by atoms with Crippen molar-refractivity contribution in [3.63, 3.8) is 0 Å². The van der Waals surface area contributed by atoms with Gasteiger partial charge in [0.1, 0.15) is 0 Å². The molecule has 1 aromatic carbocycles. The molecule has 3 heteroatoms. The molecule has 1 aliphatic carbocycles. The number of carboxylic acid groups (broad SMARTS) is 1. The van der Waals surface area contributed by atoms with Crippen molar-refractivity contribution in [3.8, 4) is 0 Å². The molecule has 0 amide bonds. The van der Waals surface area contributed by atoms with Crippen LogP contribution in [0.5, 0.6) is 0 Å². The van der Waals surface area contributed by atoms with Gasteiger partial charge in [-0.25, -0.2) is 4.79 Å². The van der Waals surface area contributed by atoms with Gasteiger partial charge in [-0.3, -0.25) is 0 Å². The number of hydrogen-bond donors (Lipinski definition) is 2. The van der Waals surface area contributed by atoms with Gasteiger partial charge in [-0.2, -0.15) is 0 Å². The Morgan fingerprint density at radius 2 is 1.84 bits per heavy atom. The number of carbonyl (C=O) groups is 1. The van der Waals surface area contributed by atoms with Gasteiger partial charge in [-0.1, -0.05) is 26.0 Å². The number of aromatic carboxylic acids is 1. The molecule has 104 valence electrons. The SMILES string of the molecule is CC1(C)CCC(NCc2ccc(C(=O)O)cc2)CC1. The molecular weight excluding hydrogens is 238 g/mol. The predicted molar refractivity (Wildman–Crippen MR) is 76.3 cm³/mol. The lowest BCUT2D eigenvalue weighted by molar-refractivity contribution is 0.0697. The maximum absolute atomic E-state index is 10.8. The molecule has 0 radical (unpaired) electrons. The Morgan fingerprint density at radius 3 is 2.37 bits per heavy atom. The molecule has 0 saturated heterocycles. The summed E-state index contributed by atoms with van der Waals surface area (Å²) in [7, 11) is 0. The first-order valence-corrected chi connectivity index (χ1v) is 7.02. The molecule has 1 aliphatic rings. The molecule has 19 heavy (non-hydrogen) atoms. The second-order valence-electron chi connectivity index (χ2n) is 6.32. The van der Waals surface area contributed by atoms with Crippen molar-refractivity contribution in [2.75, 3.05) is 0 Å². The summed E-state index contributed by atoms with van der Waals surface area (Å²) in [5.41, 5.74) is 2.00. The minimum atomic E-state index is -0.867. The molecule has 1 saturated carbocycles. The summed E-state index contributed by atoms with van der Waals surface area (Å²) in [5, 5.41) is 12.4. The van der Waals surface area contributed by atoms with Crippen molar-refractivity contribution in [1.82, 2.24) is 5.32 Å². The van der Waals surface area contributed by atoms with Crippen LogP contribution in [0.2, 0.25) is 0 Å². The molecule has 3 nitrogen and oxygen atoms in total. The highest BCUT2D eigenvalue weighted by Crippen LogP contribution is 2.35. The van der Waals surface area contributed by atoms with E-state index in [0.29, 0.717) is 17.0 Å². The molecule has 1 aromatic rings. The molecule has 1 fully saturated rings. The van der Waals surface area contributed by atoms with Crippen LogP contribution in [0.25, 0.3) is 0 Å². The van der Waals surface area contributed by atoms with E-state index in [9.17, 15) is 4.79 Å². The molecule has 0 bridgehead atoms. The normalized spacial score (nSPS) is 19.3. The van der Waals surface area contributed by atoms with E-state index in [1.807, 2.05) is 12.1 Å². The quantitative estimate of drug-likeness (QED) is 0.873. The van der Waals surface area contributed by atoms with E-state index in [1.54, 1.807) is 12.1 Å². The van der Waals surface area contributed by atoms with Crippen LogP contribution in [-0.2, 0) is 6.54 Å². The first-order valence-electron chi connectivity index (χ1n) is 7.02. The van der Waals surface area contributed by atoms with Gasteiger partial charge in [0.2, 0.25) is 0 Å². The number of nitrogens with one attached hydrogen (secondary N) is 1. The van der Waals surface area contributed by atoms with E-state index in [4.69, 9.17) is 5.11 Å². The van der Waals surface area contributed by atoms with Crippen LogP contribution < -0.4 is 5.32 Å². The molecule has 0 atom stereocenters. The van der Waals surface area contributed by atoms with Gasteiger partial charge in [0.15, 0.2) is 0 Å². The lowest BCUT2D eigenvalue weighted by atomic mass is 9.75. The molecule has 2 N–H and O–H groups in total. The number of benzene rings is 1. The van der Waals surface area contributed by atoms with Gasteiger partial charge < -0.3 is 10.4 Å². The molecule has 0 heterocycles. The van der Waals surface area contributed by atoms with Crippen molar-refractivity contribution in [2.24, 2.45) is 5.41 Å². The number of hydrogen-bond acceptors (Lipinski definition) is 2. The Hall–Kier alpha value is -1.35. The highest BCUT2D eigenvalue weighted by molar-refractivity contribution is 5.87. The predicted octanol–water partition coefficient (Wildman–Crippen LogP) is 3.44. The third-order valence-corrected chi connectivity index (χ3v) is 4.13. The van der Waals surface area contributed by atoms with Crippen LogP contribution in [-0.4, -0.2) is 17.1 Å². The maximum Gasteiger partial charge on any atom is 0.335 e. The molecule has 2 rings (SSSR count). The van der Waals surface area contributed by atoms with Crippen LogP contribution in [0.3, 0.4) is 0 Å². The van der Waals surface area contributed by atoms with Gasteiger partial charge in [-0.15, -0.1) is 0 Å². The topological polar surface area (TPSA) is 49.3 Å². The lowest BCUT2D eigenvalue weighted by Crippen LogP contribution is -2.35. The van der Waals surface area contributed by atoms with Crippen molar-refractivity contribution in [1.29, 1.82) is 0 Å². The Labute approximate surface area is 115 Å². The van der Waals surface area contributed by atoms with Crippen molar-refractivity contribution in [2.45, 2.75) is 52.1 Å². The van der Waals surface area contributed by atoms with Gasteiger partial charge in [0.05, 0.1) is 5.56 Å². The molecule has 0 aliphatic heterocycles. The maximum atomic E-state index is 10.8. The lowest BCUT2D eigenvalue weighted by Gasteiger charge is -2.34. The fraction of sp³-hybridized carbons (Fsp3) is 0.562. The van der Waals surface area contributed by atoms with Crippen molar-refractivity contribution in [3.05, 3.63) is 35.4 Å². The highest BCUT2D eigenvalue weighted by atomic mass is 16.4. The fourth-order valence-electron chi connectivity index (χ4n) is 2.63. The zero-order chi connectivity index (χ0) is 13.9. The zero-order valence-corrected chi connectivity index (χ0v) is 11.8. The Morgan fingerprint density at radius 1 is 1.26 bits per heavy atom. The average Bonchev–Trinajstić information content (AvgIpc) is 2.38. The van der Waals surface area contributed by atoms with Crippen molar-refractivity contribution >= 4 is 5.97 Å².